The third kappa shape index (κ3) is 6.90. The Morgan fingerprint density at radius 2 is 2.00 bits per heavy atom. The fourth-order valence-corrected chi connectivity index (χ4v) is 3.16. The van der Waals surface area contributed by atoms with Gasteiger partial charge in [-0.3, -0.25) is 0 Å². The highest BCUT2D eigenvalue weighted by molar-refractivity contribution is 8.00. The molecule has 1 heterocycles. The third-order valence-corrected chi connectivity index (χ3v) is 4.77. The van der Waals surface area contributed by atoms with Crippen molar-refractivity contribution in [3.63, 3.8) is 0 Å². The second kappa shape index (κ2) is 11.8. The standard InChI is InChI=1S/C21H21FN4O4S/c1-2-28-10-11-29-16-7-5-6-15(12-16)14-30-21-23-13-17(22)20(24-21)26-31-19-9-4-3-8-18(19)25-27/h3-9,12-13H,2,10-11,14H2,1H3,(H,23,24,26). The minimum absolute atomic E-state index is 0.00830. The van der Waals surface area contributed by atoms with Crippen LogP contribution in [0.2, 0.25) is 0 Å². The van der Waals surface area contributed by atoms with Gasteiger partial charge >= 0.3 is 6.01 Å². The minimum Gasteiger partial charge on any atom is -0.491 e. The second-order valence-electron chi connectivity index (χ2n) is 6.09. The van der Waals surface area contributed by atoms with Crippen LogP contribution in [0, 0.1) is 10.7 Å². The highest BCUT2D eigenvalue weighted by Crippen LogP contribution is 2.30. The summed E-state index contributed by atoms with van der Waals surface area (Å²) in [5, 5.41) is 2.94. The van der Waals surface area contributed by atoms with E-state index in [9.17, 15) is 9.30 Å². The molecule has 0 unspecified atom stereocenters. The van der Waals surface area contributed by atoms with Gasteiger partial charge in [0.15, 0.2) is 11.6 Å². The van der Waals surface area contributed by atoms with Gasteiger partial charge in [-0.15, -0.1) is 4.91 Å². The number of halogens is 1. The molecule has 0 atom stereocenters. The zero-order valence-electron chi connectivity index (χ0n) is 16.8. The zero-order chi connectivity index (χ0) is 21.9. The van der Waals surface area contributed by atoms with E-state index in [0.29, 0.717) is 30.5 Å². The highest BCUT2D eigenvalue weighted by Gasteiger charge is 2.10. The van der Waals surface area contributed by atoms with Gasteiger partial charge in [-0.25, -0.2) is 9.37 Å². The maximum atomic E-state index is 14.1. The molecule has 0 saturated carbocycles. The minimum atomic E-state index is -0.652. The molecule has 0 aliphatic carbocycles. The molecule has 0 amide bonds. The van der Waals surface area contributed by atoms with Crippen molar-refractivity contribution in [2.75, 3.05) is 24.5 Å². The van der Waals surface area contributed by atoms with E-state index in [1.807, 2.05) is 31.2 Å². The molecule has 0 aliphatic rings. The molecule has 8 nitrogen and oxygen atoms in total. The zero-order valence-corrected chi connectivity index (χ0v) is 17.6. The van der Waals surface area contributed by atoms with Crippen molar-refractivity contribution in [3.8, 4) is 11.8 Å². The Kier molecular flexibility index (Phi) is 8.56. The first-order valence-electron chi connectivity index (χ1n) is 9.49. The Bertz CT molecular complexity index is 1010. The Morgan fingerprint density at radius 1 is 1.13 bits per heavy atom. The molecule has 0 fully saturated rings. The number of benzene rings is 2. The number of aromatic nitrogens is 2. The van der Waals surface area contributed by atoms with Crippen LogP contribution < -0.4 is 14.2 Å². The second-order valence-corrected chi connectivity index (χ2v) is 6.94. The van der Waals surface area contributed by atoms with Crippen LogP contribution in [0.25, 0.3) is 0 Å². The first-order valence-corrected chi connectivity index (χ1v) is 10.3. The van der Waals surface area contributed by atoms with Gasteiger partial charge in [0.05, 0.1) is 17.7 Å². The number of hydrogen-bond acceptors (Lipinski definition) is 9. The average Bonchev–Trinajstić information content (AvgIpc) is 2.81. The van der Waals surface area contributed by atoms with Crippen LogP contribution in [0.5, 0.6) is 11.8 Å². The smallest absolute Gasteiger partial charge is 0.318 e. The highest BCUT2D eigenvalue weighted by atomic mass is 32.2. The summed E-state index contributed by atoms with van der Waals surface area (Å²) in [6, 6.07) is 14.1. The van der Waals surface area contributed by atoms with Crippen LogP contribution >= 0.6 is 11.9 Å². The summed E-state index contributed by atoms with van der Waals surface area (Å²) in [5.74, 6) is -0.0214. The maximum Gasteiger partial charge on any atom is 0.318 e. The van der Waals surface area contributed by atoms with Crippen LogP contribution in [-0.2, 0) is 11.3 Å². The summed E-state index contributed by atoms with van der Waals surface area (Å²) in [5.41, 5.74) is 1.09. The fourth-order valence-electron chi connectivity index (χ4n) is 2.45. The van der Waals surface area contributed by atoms with E-state index in [0.717, 1.165) is 23.7 Å². The van der Waals surface area contributed by atoms with E-state index in [1.165, 1.54) is 0 Å². The van der Waals surface area contributed by atoms with Gasteiger partial charge in [0.25, 0.3) is 0 Å². The lowest BCUT2D eigenvalue weighted by Gasteiger charge is -2.10. The lowest BCUT2D eigenvalue weighted by atomic mass is 10.2. The van der Waals surface area contributed by atoms with Crippen molar-refractivity contribution in [1.29, 1.82) is 0 Å². The normalized spacial score (nSPS) is 10.5. The summed E-state index contributed by atoms with van der Waals surface area (Å²) < 4.78 is 33.3. The molecule has 0 aliphatic heterocycles. The number of nitrogens with one attached hydrogen (secondary N) is 1. The van der Waals surface area contributed by atoms with Crippen molar-refractivity contribution < 1.29 is 18.6 Å². The van der Waals surface area contributed by atoms with E-state index in [2.05, 4.69) is 19.9 Å². The number of hydrogen-bond donors (Lipinski definition) is 1. The van der Waals surface area contributed by atoms with Crippen LogP contribution in [0.4, 0.5) is 15.9 Å². The number of anilines is 1. The molecule has 1 aromatic heterocycles. The number of rotatable bonds is 12. The molecule has 3 aromatic rings. The third-order valence-electron chi connectivity index (χ3n) is 3.91. The van der Waals surface area contributed by atoms with Gasteiger partial charge in [-0.05, 0) is 53.9 Å². The summed E-state index contributed by atoms with van der Waals surface area (Å²) >= 11 is 1.02. The van der Waals surface area contributed by atoms with Gasteiger partial charge in [0.1, 0.15) is 24.7 Å². The molecule has 0 radical (unpaired) electrons. The molecule has 3 rings (SSSR count). The summed E-state index contributed by atoms with van der Waals surface area (Å²) in [6.45, 7) is 3.72. The molecule has 2 aromatic carbocycles. The van der Waals surface area contributed by atoms with Crippen LogP contribution in [0.15, 0.2) is 64.8 Å². The first kappa shape index (κ1) is 22.4. The van der Waals surface area contributed by atoms with E-state index < -0.39 is 5.82 Å². The topological polar surface area (TPSA) is 94.9 Å². The quantitative estimate of drug-likeness (QED) is 0.233. The predicted octanol–water partition coefficient (Wildman–Crippen LogP) is 5.13. The predicted molar refractivity (Wildman–Crippen MR) is 116 cm³/mol. The van der Waals surface area contributed by atoms with Crippen LogP contribution in [0.1, 0.15) is 12.5 Å². The van der Waals surface area contributed by atoms with Crippen molar-refractivity contribution >= 4 is 23.5 Å². The van der Waals surface area contributed by atoms with E-state index in [-0.39, 0.29) is 24.1 Å². The molecule has 31 heavy (non-hydrogen) atoms. The molecule has 0 saturated heterocycles. The first-order chi connectivity index (χ1) is 15.2. The average molecular weight is 444 g/mol. The van der Waals surface area contributed by atoms with Crippen molar-refractivity contribution in [2.24, 2.45) is 5.18 Å². The van der Waals surface area contributed by atoms with Crippen LogP contribution in [-0.4, -0.2) is 29.8 Å². The maximum absolute atomic E-state index is 14.1. The van der Waals surface area contributed by atoms with Gasteiger partial charge in [0, 0.05) is 6.61 Å². The lowest BCUT2D eigenvalue weighted by molar-refractivity contribution is 0.110. The Labute approximate surface area is 183 Å². The molecule has 1 N–H and O–H groups in total. The monoisotopic (exact) mass is 444 g/mol. The molecular weight excluding hydrogens is 423 g/mol. The summed E-state index contributed by atoms with van der Waals surface area (Å²) in [4.78, 5) is 19.3. The SMILES string of the molecule is CCOCCOc1cccc(COc2ncc(F)c(NSc3ccccc3N=O)n2)c1. The number of nitroso groups, excluding NO2 is 1. The molecule has 10 heteroatoms. The number of ether oxygens (including phenoxy) is 3. The molecule has 162 valence electrons. The fraction of sp³-hybridized carbons (Fsp3) is 0.238. The molecule has 0 spiro atoms. The summed E-state index contributed by atoms with van der Waals surface area (Å²) in [7, 11) is 0. The Balaban J connectivity index is 1.58. The van der Waals surface area contributed by atoms with Gasteiger partial charge in [-0.2, -0.15) is 4.98 Å². The van der Waals surface area contributed by atoms with Crippen molar-refractivity contribution in [2.45, 2.75) is 18.4 Å². The van der Waals surface area contributed by atoms with Crippen LogP contribution in [0.3, 0.4) is 0 Å². The van der Waals surface area contributed by atoms with Gasteiger partial charge in [0.2, 0.25) is 0 Å². The number of nitrogens with zero attached hydrogens (tertiary/aromatic N) is 3. The van der Waals surface area contributed by atoms with E-state index >= 15 is 0 Å². The van der Waals surface area contributed by atoms with Gasteiger partial charge < -0.3 is 18.9 Å². The Hall–Kier alpha value is -3.24. The Morgan fingerprint density at radius 3 is 2.84 bits per heavy atom. The van der Waals surface area contributed by atoms with Crippen molar-refractivity contribution in [1.82, 2.24) is 9.97 Å². The van der Waals surface area contributed by atoms with Gasteiger partial charge in [-0.1, -0.05) is 24.3 Å². The molecular formula is C21H21FN4O4S. The van der Waals surface area contributed by atoms with E-state index in [4.69, 9.17) is 14.2 Å². The van der Waals surface area contributed by atoms with Crippen molar-refractivity contribution in [3.05, 3.63) is 71.0 Å². The molecule has 0 bridgehead atoms. The summed E-state index contributed by atoms with van der Waals surface area (Å²) in [6.07, 6.45) is 1.02. The van der Waals surface area contributed by atoms with E-state index in [1.54, 1.807) is 24.3 Å². The lowest BCUT2D eigenvalue weighted by Crippen LogP contribution is -2.07. The largest absolute Gasteiger partial charge is 0.491 e.